The van der Waals surface area contributed by atoms with Gasteiger partial charge >= 0.3 is 0 Å². The van der Waals surface area contributed by atoms with Gasteiger partial charge in [0.1, 0.15) is 5.82 Å². The molecular weight excluding hydrogens is 379 g/mol. The number of carbonyl (C=O) groups excluding carboxylic acids is 1. The molecule has 2 aromatic carbocycles. The molecule has 0 bridgehead atoms. The molecular formula is C25H23FN2O2. The summed E-state index contributed by atoms with van der Waals surface area (Å²) in [5.41, 5.74) is 5.25. The highest BCUT2D eigenvalue weighted by Gasteiger charge is 2.15. The van der Waals surface area contributed by atoms with Crippen LogP contribution in [0.4, 0.5) is 4.39 Å². The van der Waals surface area contributed by atoms with Crippen LogP contribution in [0.1, 0.15) is 47.5 Å². The highest BCUT2D eigenvalue weighted by Crippen LogP contribution is 2.26. The Bertz CT molecular complexity index is 1170. The molecule has 0 aliphatic carbocycles. The lowest BCUT2D eigenvalue weighted by molar-refractivity contribution is 0.0947. The number of unbranched alkanes of at least 4 members (excludes halogenated alkanes) is 2. The van der Waals surface area contributed by atoms with E-state index in [4.69, 9.17) is 4.42 Å². The van der Waals surface area contributed by atoms with Crippen molar-refractivity contribution in [2.24, 2.45) is 0 Å². The molecule has 2 heterocycles. The number of hydrogen-bond acceptors (Lipinski definition) is 4. The number of aryl methyl sites for hydroxylation is 2. The fourth-order valence-electron chi connectivity index (χ4n) is 3.53. The number of hydrogen-bond donors (Lipinski definition) is 0. The van der Waals surface area contributed by atoms with Crippen LogP contribution in [-0.2, 0) is 6.42 Å². The van der Waals surface area contributed by atoms with Crippen molar-refractivity contribution >= 4 is 17.0 Å². The fourth-order valence-corrected chi connectivity index (χ4v) is 3.53. The van der Waals surface area contributed by atoms with E-state index in [-0.39, 0.29) is 17.5 Å². The van der Waals surface area contributed by atoms with Gasteiger partial charge in [0.05, 0.1) is 0 Å². The second kappa shape index (κ2) is 8.99. The first-order valence-electron chi connectivity index (χ1n) is 10.2. The summed E-state index contributed by atoms with van der Waals surface area (Å²) >= 11 is 0. The molecule has 0 saturated heterocycles. The molecule has 4 rings (SSSR count). The van der Waals surface area contributed by atoms with Crippen molar-refractivity contribution in [3.05, 3.63) is 83.6 Å². The van der Waals surface area contributed by atoms with Crippen LogP contribution in [0.25, 0.3) is 22.4 Å². The van der Waals surface area contributed by atoms with Gasteiger partial charge in [0.15, 0.2) is 11.2 Å². The number of carbonyl (C=O) groups is 1. The summed E-state index contributed by atoms with van der Waals surface area (Å²) in [5, 5.41) is 0. The Morgan fingerprint density at radius 2 is 1.83 bits per heavy atom. The Hall–Kier alpha value is -3.34. The van der Waals surface area contributed by atoms with Gasteiger partial charge in [-0.15, -0.1) is 0 Å². The molecule has 0 unspecified atom stereocenters. The van der Waals surface area contributed by atoms with Crippen molar-refractivity contribution in [2.45, 2.75) is 39.0 Å². The quantitative estimate of drug-likeness (QED) is 0.255. The molecule has 0 amide bonds. The molecule has 0 aliphatic rings. The number of nitrogens with zero attached hydrogens (tertiary/aromatic N) is 2. The zero-order valence-electron chi connectivity index (χ0n) is 16.9. The number of halogens is 1. The average molecular weight is 402 g/mol. The standard InChI is InChI=1S/C25H23FN2O2/c1-17-7-5-6-9-21(17)19-15-23-24(27-16-19)28-25(30-23)22(29)10-4-2-3-8-18-11-13-20(26)14-12-18/h5-7,9,11-16H,2-4,8,10H2,1H3. The molecule has 0 spiro atoms. The van der Waals surface area contributed by atoms with Crippen LogP contribution in [0.5, 0.6) is 0 Å². The molecule has 4 aromatic rings. The van der Waals surface area contributed by atoms with Crippen LogP contribution >= 0.6 is 0 Å². The topological polar surface area (TPSA) is 56.0 Å². The second-order valence-corrected chi connectivity index (χ2v) is 7.49. The SMILES string of the molecule is Cc1ccccc1-c1cnc2nc(C(=O)CCCCCc3ccc(F)cc3)oc2c1. The Morgan fingerprint density at radius 3 is 2.63 bits per heavy atom. The zero-order chi connectivity index (χ0) is 20.9. The van der Waals surface area contributed by atoms with Gasteiger partial charge in [0, 0.05) is 18.2 Å². The summed E-state index contributed by atoms with van der Waals surface area (Å²) in [6.07, 6.45) is 5.66. The number of pyridine rings is 1. The first-order valence-corrected chi connectivity index (χ1v) is 10.2. The van der Waals surface area contributed by atoms with Gasteiger partial charge in [-0.05, 0) is 61.1 Å². The Morgan fingerprint density at radius 1 is 1.03 bits per heavy atom. The second-order valence-electron chi connectivity index (χ2n) is 7.49. The first kappa shape index (κ1) is 20.0. The fraction of sp³-hybridized carbons (Fsp3) is 0.240. The van der Waals surface area contributed by atoms with E-state index in [1.54, 1.807) is 18.3 Å². The molecule has 0 saturated carbocycles. The third-order valence-corrected chi connectivity index (χ3v) is 5.22. The number of benzene rings is 2. The summed E-state index contributed by atoms with van der Waals surface area (Å²) in [6.45, 7) is 2.05. The summed E-state index contributed by atoms with van der Waals surface area (Å²) < 4.78 is 18.6. The summed E-state index contributed by atoms with van der Waals surface area (Å²) in [5.74, 6) is -0.201. The van der Waals surface area contributed by atoms with E-state index >= 15 is 0 Å². The summed E-state index contributed by atoms with van der Waals surface area (Å²) in [4.78, 5) is 21.1. The Kier molecular flexibility index (Phi) is 5.98. The Labute approximate surface area is 174 Å². The first-order chi connectivity index (χ1) is 14.6. The smallest absolute Gasteiger partial charge is 0.265 e. The molecule has 2 aromatic heterocycles. The third-order valence-electron chi connectivity index (χ3n) is 5.22. The van der Waals surface area contributed by atoms with Crippen LogP contribution in [0, 0.1) is 12.7 Å². The third kappa shape index (κ3) is 4.62. The van der Waals surface area contributed by atoms with Crippen molar-refractivity contribution in [2.75, 3.05) is 0 Å². The van der Waals surface area contributed by atoms with Gasteiger partial charge < -0.3 is 4.42 Å². The van der Waals surface area contributed by atoms with Gasteiger partial charge in [-0.25, -0.2) is 9.37 Å². The van der Waals surface area contributed by atoms with Crippen LogP contribution in [0.3, 0.4) is 0 Å². The normalized spacial score (nSPS) is 11.1. The Balaban J connectivity index is 1.34. The van der Waals surface area contributed by atoms with Crippen molar-refractivity contribution < 1.29 is 13.6 Å². The maximum atomic E-state index is 12.9. The molecule has 0 radical (unpaired) electrons. The number of Topliss-reactive ketones (excluding diaryl/α,β-unsaturated/α-hetero) is 1. The monoisotopic (exact) mass is 402 g/mol. The summed E-state index contributed by atoms with van der Waals surface area (Å²) in [6, 6.07) is 16.5. The largest absolute Gasteiger partial charge is 0.432 e. The van der Waals surface area contributed by atoms with Gasteiger partial charge in [0.25, 0.3) is 5.89 Å². The molecule has 0 aliphatic heterocycles. The van der Waals surface area contributed by atoms with E-state index in [2.05, 4.69) is 9.97 Å². The van der Waals surface area contributed by atoms with Gasteiger partial charge in [0.2, 0.25) is 5.78 Å². The minimum atomic E-state index is -0.219. The van der Waals surface area contributed by atoms with E-state index < -0.39 is 0 Å². The molecule has 0 atom stereocenters. The lowest BCUT2D eigenvalue weighted by Gasteiger charge is -2.04. The summed E-state index contributed by atoms with van der Waals surface area (Å²) in [7, 11) is 0. The zero-order valence-corrected chi connectivity index (χ0v) is 16.9. The maximum Gasteiger partial charge on any atom is 0.265 e. The number of aromatic nitrogens is 2. The van der Waals surface area contributed by atoms with Crippen LogP contribution in [0.15, 0.2) is 65.2 Å². The van der Waals surface area contributed by atoms with E-state index in [9.17, 15) is 9.18 Å². The number of oxazole rings is 1. The van der Waals surface area contributed by atoms with E-state index in [1.807, 2.05) is 37.3 Å². The molecule has 0 N–H and O–H groups in total. The number of rotatable bonds is 8. The highest BCUT2D eigenvalue weighted by molar-refractivity contribution is 5.94. The number of fused-ring (bicyclic) bond motifs is 1. The van der Waals surface area contributed by atoms with Crippen molar-refractivity contribution in [1.82, 2.24) is 9.97 Å². The van der Waals surface area contributed by atoms with Crippen molar-refractivity contribution in [1.29, 1.82) is 0 Å². The van der Waals surface area contributed by atoms with Crippen molar-refractivity contribution in [3.63, 3.8) is 0 Å². The molecule has 30 heavy (non-hydrogen) atoms. The van der Waals surface area contributed by atoms with E-state index in [0.717, 1.165) is 47.9 Å². The van der Waals surface area contributed by atoms with Gasteiger partial charge in [-0.3, -0.25) is 4.79 Å². The lowest BCUT2D eigenvalue weighted by atomic mass is 10.0. The lowest BCUT2D eigenvalue weighted by Crippen LogP contribution is -1.99. The van der Waals surface area contributed by atoms with E-state index in [1.165, 1.54) is 12.1 Å². The van der Waals surface area contributed by atoms with Crippen LogP contribution in [0.2, 0.25) is 0 Å². The molecule has 4 nitrogen and oxygen atoms in total. The van der Waals surface area contributed by atoms with Gasteiger partial charge in [-0.1, -0.05) is 42.8 Å². The number of ketones is 1. The molecule has 152 valence electrons. The minimum absolute atomic E-state index is 0.104. The minimum Gasteiger partial charge on any atom is -0.432 e. The van der Waals surface area contributed by atoms with E-state index in [0.29, 0.717) is 17.7 Å². The van der Waals surface area contributed by atoms with Crippen LogP contribution < -0.4 is 0 Å². The van der Waals surface area contributed by atoms with Crippen molar-refractivity contribution in [3.8, 4) is 11.1 Å². The van der Waals surface area contributed by atoms with Gasteiger partial charge in [-0.2, -0.15) is 4.98 Å². The van der Waals surface area contributed by atoms with Crippen LogP contribution in [-0.4, -0.2) is 15.8 Å². The predicted octanol–water partition coefficient (Wildman–Crippen LogP) is 6.32. The maximum absolute atomic E-state index is 12.9. The average Bonchev–Trinajstić information content (AvgIpc) is 3.18. The predicted molar refractivity (Wildman–Crippen MR) is 115 cm³/mol. The molecule has 5 heteroatoms. The highest BCUT2D eigenvalue weighted by atomic mass is 19.1. The molecule has 0 fully saturated rings.